The van der Waals surface area contributed by atoms with E-state index in [1.807, 2.05) is 0 Å². The maximum absolute atomic E-state index is 10.7. The molecule has 2 aromatic rings. The molecular weight excluding hydrogens is 214 g/mol. The summed E-state index contributed by atoms with van der Waals surface area (Å²) in [7, 11) is 0. The molecule has 0 fully saturated rings. The van der Waals surface area contributed by atoms with E-state index >= 15 is 0 Å². The number of carboxylic acids is 1. The minimum atomic E-state index is -1.06. The minimum Gasteiger partial charge on any atom is -0.477 e. The first-order chi connectivity index (χ1) is 7.20. The third-order valence-corrected chi connectivity index (χ3v) is 2.71. The molecule has 0 aliphatic rings. The van der Waals surface area contributed by atoms with Crippen molar-refractivity contribution in [3.63, 3.8) is 0 Å². The standard InChI is InChI=1S/C9H7N3O2S/c10-6-7(5-2-1-3-11-4-5)12-15-8(6)9(13)14/h1-4H,10H2,(H,13,14). The molecule has 2 heterocycles. The lowest BCUT2D eigenvalue weighted by Crippen LogP contribution is -1.98. The van der Waals surface area contributed by atoms with Gasteiger partial charge in [0, 0.05) is 18.0 Å². The molecule has 0 spiro atoms. The van der Waals surface area contributed by atoms with Gasteiger partial charge in [-0.05, 0) is 23.7 Å². The lowest BCUT2D eigenvalue weighted by Gasteiger charge is -1.96. The summed E-state index contributed by atoms with van der Waals surface area (Å²) in [5.74, 6) is -1.06. The number of nitrogens with zero attached hydrogens (tertiary/aromatic N) is 2. The Kier molecular flexibility index (Phi) is 2.34. The molecule has 0 unspecified atom stereocenters. The van der Waals surface area contributed by atoms with Gasteiger partial charge in [0.1, 0.15) is 5.69 Å². The highest BCUT2D eigenvalue weighted by molar-refractivity contribution is 7.09. The van der Waals surface area contributed by atoms with Gasteiger partial charge >= 0.3 is 5.97 Å². The number of hydrogen-bond donors (Lipinski definition) is 2. The minimum absolute atomic E-state index is 0.0638. The molecule has 0 amide bonds. The zero-order valence-corrected chi connectivity index (χ0v) is 8.36. The highest BCUT2D eigenvalue weighted by Gasteiger charge is 2.17. The molecule has 6 heteroatoms. The first-order valence-corrected chi connectivity index (χ1v) is 4.86. The fraction of sp³-hybridized carbons (Fsp3) is 0. The summed E-state index contributed by atoms with van der Waals surface area (Å²) >= 11 is 0.877. The maximum Gasteiger partial charge on any atom is 0.349 e. The Morgan fingerprint density at radius 3 is 2.87 bits per heavy atom. The predicted octanol–water partition coefficient (Wildman–Crippen LogP) is 1.49. The van der Waals surface area contributed by atoms with E-state index in [0.717, 1.165) is 17.1 Å². The monoisotopic (exact) mass is 221 g/mol. The Morgan fingerprint density at radius 2 is 2.33 bits per heavy atom. The predicted molar refractivity (Wildman–Crippen MR) is 56.7 cm³/mol. The molecule has 2 aromatic heterocycles. The number of rotatable bonds is 2. The second kappa shape index (κ2) is 3.66. The normalized spacial score (nSPS) is 10.1. The second-order valence-electron chi connectivity index (χ2n) is 2.82. The molecule has 0 aliphatic carbocycles. The first kappa shape index (κ1) is 9.60. The average Bonchev–Trinajstić information content (AvgIpc) is 2.61. The largest absolute Gasteiger partial charge is 0.477 e. The summed E-state index contributed by atoms with van der Waals surface area (Å²) in [6, 6.07) is 3.53. The Labute approximate surface area is 89.4 Å². The lowest BCUT2D eigenvalue weighted by atomic mass is 10.2. The molecule has 0 radical (unpaired) electrons. The van der Waals surface area contributed by atoms with Crippen molar-refractivity contribution in [2.24, 2.45) is 0 Å². The number of nitrogens with two attached hydrogens (primary N) is 1. The summed E-state index contributed by atoms with van der Waals surface area (Å²) in [6.45, 7) is 0. The van der Waals surface area contributed by atoms with Gasteiger partial charge in [-0.2, -0.15) is 4.37 Å². The van der Waals surface area contributed by atoms with Crippen molar-refractivity contribution in [2.45, 2.75) is 0 Å². The van der Waals surface area contributed by atoms with Crippen molar-refractivity contribution >= 4 is 23.2 Å². The maximum atomic E-state index is 10.7. The zero-order valence-electron chi connectivity index (χ0n) is 7.54. The summed E-state index contributed by atoms with van der Waals surface area (Å²) in [6.07, 6.45) is 3.22. The van der Waals surface area contributed by atoms with Crippen molar-refractivity contribution < 1.29 is 9.90 Å². The van der Waals surface area contributed by atoms with Gasteiger partial charge in [-0.1, -0.05) is 0 Å². The van der Waals surface area contributed by atoms with Gasteiger partial charge < -0.3 is 10.8 Å². The Bertz CT molecular complexity index is 495. The van der Waals surface area contributed by atoms with Crippen LogP contribution in [0.1, 0.15) is 9.67 Å². The van der Waals surface area contributed by atoms with Crippen LogP contribution in [0, 0.1) is 0 Å². The zero-order chi connectivity index (χ0) is 10.8. The van der Waals surface area contributed by atoms with Crippen molar-refractivity contribution in [3.8, 4) is 11.3 Å². The average molecular weight is 221 g/mol. The van der Waals surface area contributed by atoms with E-state index in [1.54, 1.807) is 24.5 Å². The van der Waals surface area contributed by atoms with Crippen molar-refractivity contribution in [3.05, 3.63) is 29.4 Å². The molecule has 0 aliphatic heterocycles. The third kappa shape index (κ3) is 1.66. The van der Waals surface area contributed by atoms with Crippen LogP contribution in [-0.4, -0.2) is 20.4 Å². The number of anilines is 1. The molecule has 3 N–H and O–H groups in total. The van der Waals surface area contributed by atoms with Crippen LogP contribution in [0.5, 0.6) is 0 Å². The molecule has 0 saturated heterocycles. The van der Waals surface area contributed by atoms with Crippen LogP contribution in [0.3, 0.4) is 0 Å². The topological polar surface area (TPSA) is 89.1 Å². The summed E-state index contributed by atoms with van der Waals surface area (Å²) in [5, 5.41) is 8.80. The van der Waals surface area contributed by atoms with Gasteiger partial charge in [0.05, 0.1) is 5.69 Å². The van der Waals surface area contributed by atoms with E-state index in [0.29, 0.717) is 5.69 Å². The number of nitrogen functional groups attached to an aromatic ring is 1. The lowest BCUT2D eigenvalue weighted by molar-refractivity contribution is 0.0703. The first-order valence-electron chi connectivity index (χ1n) is 4.09. The molecule has 5 nitrogen and oxygen atoms in total. The van der Waals surface area contributed by atoms with Crippen LogP contribution in [0.4, 0.5) is 5.69 Å². The van der Waals surface area contributed by atoms with Gasteiger partial charge in [-0.25, -0.2) is 4.79 Å². The molecule has 2 rings (SSSR count). The fourth-order valence-electron chi connectivity index (χ4n) is 1.16. The Morgan fingerprint density at radius 1 is 1.53 bits per heavy atom. The van der Waals surface area contributed by atoms with E-state index in [9.17, 15) is 4.79 Å². The molecule has 0 saturated carbocycles. The Balaban J connectivity index is 2.52. The van der Waals surface area contributed by atoms with Gasteiger partial charge in [0.25, 0.3) is 0 Å². The number of carboxylic acid groups (broad SMARTS) is 1. The van der Waals surface area contributed by atoms with Gasteiger partial charge in [0.2, 0.25) is 0 Å². The molecule has 76 valence electrons. The number of pyridine rings is 1. The molecule has 0 atom stereocenters. The van der Waals surface area contributed by atoms with Gasteiger partial charge in [-0.15, -0.1) is 0 Å². The quantitative estimate of drug-likeness (QED) is 0.801. The summed E-state index contributed by atoms with van der Waals surface area (Å²) in [5.41, 5.74) is 7.07. The van der Waals surface area contributed by atoms with Crippen molar-refractivity contribution in [2.75, 3.05) is 5.73 Å². The van der Waals surface area contributed by atoms with E-state index in [4.69, 9.17) is 10.8 Å². The highest BCUT2D eigenvalue weighted by atomic mass is 32.1. The van der Waals surface area contributed by atoms with Crippen LogP contribution in [-0.2, 0) is 0 Å². The SMILES string of the molecule is Nc1c(-c2cccnc2)nsc1C(=O)O. The van der Waals surface area contributed by atoms with Crippen molar-refractivity contribution in [1.29, 1.82) is 0 Å². The van der Waals surface area contributed by atoms with E-state index in [-0.39, 0.29) is 10.6 Å². The number of hydrogen-bond acceptors (Lipinski definition) is 5. The van der Waals surface area contributed by atoms with Gasteiger partial charge in [0.15, 0.2) is 4.88 Å². The Hall–Kier alpha value is -1.95. The van der Waals surface area contributed by atoms with E-state index in [1.165, 1.54) is 0 Å². The smallest absolute Gasteiger partial charge is 0.349 e. The molecule has 15 heavy (non-hydrogen) atoms. The van der Waals surface area contributed by atoms with Crippen LogP contribution in [0.15, 0.2) is 24.5 Å². The molecular formula is C9H7N3O2S. The fourth-order valence-corrected chi connectivity index (χ4v) is 1.82. The summed E-state index contributed by atoms with van der Waals surface area (Å²) in [4.78, 5) is 14.7. The van der Waals surface area contributed by atoms with E-state index in [2.05, 4.69) is 9.36 Å². The van der Waals surface area contributed by atoms with Gasteiger partial charge in [-0.3, -0.25) is 4.98 Å². The second-order valence-corrected chi connectivity index (χ2v) is 3.59. The van der Waals surface area contributed by atoms with Crippen LogP contribution >= 0.6 is 11.5 Å². The highest BCUT2D eigenvalue weighted by Crippen LogP contribution is 2.29. The van der Waals surface area contributed by atoms with Crippen LogP contribution in [0.2, 0.25) is 0 Å². The number of aromatic carboxylic acids is 1. The number of carbonyl (C=O) groups is 1. The number of aromatic nitrogens is 2. The van der Waals surface area contributed by atoms with Crippen molar-refractivity contribution in [1.82, 2.24) is 9.36 Å². The molecule has 0 bridgehead atoms. The summed E-state index contributed by atoms with van der Waals surface area (Å²) < 4.78 is 4.00. The third-order valence-electron chi connectivity index (χ3n) is 1.86. The van der Waals surface area contributed by atoms with Crippen LogP contribution < -0.4 is 5.73 Å². The van der Waals surface area contributed by atoms with Crippen LogP contribution in [0.25, 0.3) is 11.3 Å². The van der Waals surface area contributed by atoms with E-state index < -0.39 is 5.97 Å². The molecule has 0 aromatic carbocycles.